The first-order chi connectivity index (χ1) is 13.3. The summed E-state index contributed by atoms with van der Waals surface area (Å²) in [7, 11) is 1.25. The molecule has 0 saturated carbocycles. The number of amidine groups is 1. The predicted molar refractivity (Wildman–Crippen MR) is 104 cm³/mol. The number of hydrogen-bond donors (Lipinski definition) is 1. The minimum absolute atomic E-state index is 0.0372. The average Bonchev–Trinajstić information content (AvgIpc) is 2.92. The van der Waals surface area contributed by atoms with Crippen molar-refractivity contribution in [1.82, 2.24) is 9.78 Å². The zero-order valence-corrected chi connectivity index (χ0v) is 17.0. The van der Waals surface area contributed by atoms with Gasteiger partial charge in [0, 0.05) is 24.3 Å². The van der Waals surface area contributed by atoms with Crippen LogP contribution in [0.2, 0.25) is 5.15 Å². The van der Waals surface area contributed by atoms with E-state index in [2.05, 4.69) is 35.9 Å². The predicted octanol–water partition coefficient (Wildman–Crippen LogP) is 4.27. The summed E-state index contributed by atoms with van der Waals surface area (Å²) >= 11 is 5.81. The molecule has 0 radical (unpaired) electrons. The Bertz CT molecular complexity index is 956. The van der Waals surface area contributed by atoms with E-state index < -0.39 is 23.4 Å². The standard InChI is InChI=1S/C19H20ClF3N4O2/c1-18(2,3)12-7-5-11(6-8-12)17(24)26-29-14(28)10-9-13-15(19(21,22)23)25-27(4)16(13)20/h5-10H,1-4H3,(H2,24,26)/b10-9+. The van der Waals surface area contributed by atoms with Gasteiger partial charge < -0.3 is 10.6 Å². The van der Waals surface area contributed by atoms with Crippen molar-refractivity contribution in [2.24, 2.45) is 17.9 Å². The number of hydrogen-bond acceptors (Lipinski definition) is 4. The third kappa shape index (κ3) is 5.60. The Morgan fingerprint density at radius 1 is 1.24 bits per heavy atom. The van der Waals surface area contributed by atoms with Crippen molar-refractivity contribution in [3.8, 4) is 0 Å². The zero-order valence-electron chi connectivity index (χ0n) is 16.2. The van der Waals surface area contributed by atoms with E-state index in [1.165, 1.54) is 7.05 Å². The van der Waals surface area contributed by atoms with Gasteiger partial charge in [0.05, 0.1) is 0 Å². The minimum atomic E-state index is -4.73. The Kier molecular flexibility index (Phi) is 6.42. The van der Waals surface area contributed by atoms with Gasteiger partial charge in [0.2, 0.25) is 0 Å². The number of alkyl halides is 3. The van der Waals surface area contributed by atoms with Crippen molar-refractivity contribution in [3.05, 3.63) is 57.9 Å². The van der Waals surface area contributed by atoms with Gasteiger partial charge in [-0.05, 0) is 17.1 Å². The lowest BCUT2D eigenvalue weighted by atomic mass is 9.87. The smallest absolute Gasteiger partial charge is 0.380 e. The van der Waals surface area contributed by atoms with Crippen molar-refractivity contribution in [2.45, 2.75) is 32.4 Å². The first-order valence-corrected chi connectivity index (χ1v) is 8.81. The Balaban J connectivity index is 2.12. The molecule has 2 rings (SSSR count). The van der Waals surface area contributed by atoms with Gasteiger partial charge in [-0.25, -0.2) is 4.79 Å². The van der Waals surface area contributed by atoms with Crippen LogP contribution < -0.4 is 5.73 Å². The molecule has 10 heteroatoms. The van der Waals surface area contributed by atoms with Crippen LogP contribution in [-0.2, 0) is 28.3 Å². The molecule has 156 valence electrons. The fourth-order valence-electron chi connectivity index (χ4n) is 2.35. The van der Waals surface area contributed by atoms with Crippen LogP contribution in [0.3, 0.4) is 0 Å². The van der Waals surface area contributed by atoms with Crippen LogP contribution in [0.25, 0.3) is 6.08 Å². The minimum Gasteiger partial charge on any atom is -0.380 e. The van der Waals surface area contributed by atoms with E-state index in [4.69, 9.17) is 17.3 Å². The summed E-state index contributed by atoms with van der Waals surface area (Å²) in [5.41, 5.74) is 5.70. The number of oxime groups is 1. The zero-order chi connectivity index (χ0) is 22.0. The van der Waals surface area contributed by atoms with Crippen molar-refractivity contribution in [1.29, 1.82) is 0 Å². The first-order valence-electron chi connectivity index (χ1n) is 8.44. The molecule has 2 N–H and O–H groups in total. The first kappa shape index (κ1) is 22.5. The number of benzene rings is 1. The molecule has 1 heterocycles. The van der Waals surface area contributed by atoms with E-state index in [9.17, 15) is 18.0 Å². The molecule has 0 fully saturated rings. The topological polar surface area (TPSA) is 82.5 Å². The van der Waals surface area contributed by atoms with Crippen molar-refractivity contribution in [3.63, 3.8) is 0 Å². The summed E-state index contributed by atoms with van der Waals surface area (Å²) in [5, 5.41) is 6.55. The Morgan fingerprint density at radius 2 is 1.83 bits per heavy atom. The summed E-state index contributed by atoms with van der Waals surface area (Å²) in [6.45, 7) is 6.19. The maximum absolute atomic E-state index is 13.0. The fraction of sp³-hybridized carbons (Fsp3) is 0.316. The highest BCUT2D eigenvalue weighted by Gasteiger charge is 2.38. The molecule has 0 amide bonds. The number of rotatable bonds is 4. The van der Waals surface area contributed by atoms with E-state index in [-0.39, 0.29) is 16.4 Å². The molecule has 0 unspecified atom stereocenters. The quantitative estimate of drug-likeness (QED) is 0.259. The van der Waals surface area contributed by atoms with Gasteiger partial charge in [-0.15, -0.1) is 0 Å². The number of carbonyl (C=O) groups is 1. The lowest BCUT2D eigenvalue weighted by molar-refractivity contribution is -0.141. The summed E-state index contributed by atoms with van der Waals surface area (Å²) in [4.78, 5) is 16.4. The van der Waals surface area contributed by atoms with Gasteiger partial charge in [0.15, 0.2) is 11.5 Å². The summed E-state index contributed by atoms with van der Waals surface area (Å²) in [5.74, 6) is -1.07. The van der Waals surface area contributed by atoms with Gasteiger partial charge in [-0.3, -0.25) is 4.68 Å². The van der Waals surface area contributed by atoms with Gasteiger partial charge in [0.25, 0.3) is 0 Å². The van der Waals surface area contributed by atoms with Crippen LogP contribution in [0.1, 0.15) is 43.2 Å². The molecule has 1 aromatic carbocycles. The molecule has 0 bridgehead atoms. The summed E-state index contributed by atoms with van der Waals surface area (Å²) in [6.07, 6.45) is -3.10. The highest BCUT2D eigenvalue weighted by Crippen LogP contribution is 2.34. The Morgan fingerprint density at radius 3 is 2.34 bits per heavy atom. The molecule has 0 spiro atoms. The van der Waals surface area contributed by atoms with Crippen molar-refractivity contribution >= 4 is 29.5 Å². The molecular weight excluding hydrogens is 409 g/mol. The average molecular weight is 429 g/mol. The van der Waals surface area contributed by atoms with Crippen molar-refractivity contribution in [2.75, 3.05) is 0 Å². The lowest BCUT2D eigenvalue weighted by Crippen LogP contribution is -2.16. The lowest BCUT2D eigenvalue weighted by Gasteiger charge is -2.18. The molecule has 1 aromatic heterocycles. The normalized spacial score (nSPS) is 13.2. The molecule has 0 aliphatic heterocycles. The van der Waals surface area contributed by atoms with Crippen LogP contribution in [-0.4, -0.2) is 21.6 Å². The fourth-order valence-corrected chi connectivity index (χ4v) is 2.54. The monoisotopic (exact) mass is 428 g/mol. The van der Waals surface area contributed by atoms with Crippen LogP contribution in [0, 0.1) is 0 Å². The van der Waals surface area contributed by atoms with Gasteiger partial charge >= 0.3 is 12.1 Å². The van der Waals surface area contributed by atoms with Gasteiger partial charge in [0.1, 0.15) is 5.15 Å². The van der Waals surface area contributed by atoms with E-state index in [0.717, 1.165) is 22.4 Å². The maximum atomic E-state index is 13.0. The third-order valence-corrected chi connectivity index (χ3v) is 4.39. The number of carbonyl (C=O) groups excluding carboxylic acids is 1. The van der Waals surface area contributed by atoms with E-state index >= 15 is 0 Å². The molecule has 0 aliphatic carbocycles. The van der Waals surface area contributed by atoms with Gasteiger partial charge in [-0.2, -0.15) is 18.3 Å². The molecular formula is C19H20ClF3N4O2. The highest BCUT2D eigenvalue weighted by atomic mass is 35.5. The SMILES string of the molecule is Cn1nc(C(F)(F)F)c(/C=C/C(=O)O/N=C(\N)c2ccc(C(C)(C)C)cc2)c1Cl. The number of nitrogens with zero attached hydrogens (tertiary/aromatic N) is 3. The number of halogens is 4. The molecule has 0 aliphatic rings. The van der Waals surface area contributed by atoms with Crippen LogP contribution >= 0.6 is 11.6 Å². The number of nitrogens with two attached hydrogens (primary N) is 1. The van der Waals surface area contributed by atoms with Crippen LogP contribution in [0.15, 0.2) is 35.5 Å². The molecule has 0 atom stereocenters. The van der Waals surface area contributed by atoms with Gasteiger partial charge in [-0.1, -0.05) is 61.8 Å². The van der Waals surface area contributed by atoms with Crippen LogP contribution in [0.5, 0.6) is 0 Å². The summed E-state index contributed by atoms with van der Waals surface area (Å²) in [6, 6.07) is 7.22. The van der Waals surface area contributed by atoms with Crippen LogP contribution in [0.4, 0.5) is 13.2 Å². The van der Waals surface area contributed by atoms with E-state index in [0.29, 0.717) is 5.56 Å². The molecule has 2 aromatic rings. The van der Waals surface area contributed by atoms with E-state index in [1.54, 1.807) is 12.1 Å². The number of aryl methyl sites for hydroxylation is 1. The maximum Gasteiger partial charge on any atom is 0.435 e. The second-order valence-electron chi connectivity index (χ2n) is 7.22. The highest BCUT2D eigenvalue weighted by molar-refractivity contribution is 6.31. The third-order valence-electron chi connectivity index (χ3n) is 3.95. The number of aromatic nitrogens is 2. The second kappa shape index (κ2) is 8.28. The Labute approximate surface area is 170 Å². The Hall–Kier alpha value is -2.81. The summed E-state index contributed by atoms with van der Waals surface area (Å²) < 4.78 is 39.8. The second-order valence-corrected chi connectivity index (χ2v) is 7.58. The van der Waals surface area contributed by atoms with E-state index in [1.807, 2.05) is 12.1 Å². The molecule has 29 heavy (non-hydrogen) atoms. The largest absolute Gasteiger partial charge is 0.435 e. The molecule has 6 nitrogen and oxygen atoms in total. The molecule has 0 saturated heterocycles. The van der Waals surface area contributed by atoms with Crippen molar-refractivity contribution < 1.29 is 22.8 Å².